The molecule has 0 fully saturated rings. The Morgan fingerprint density at radius 3 is 3.05 bits per heavy atom. The summed E-state index contributed by atoms with van der Waals surface area (Å²) in [5.74, 6) is -0.232. The molecule has 0 saturated carbocycles. The van der Waals surface area contributed by atoms with Crippen LogP contribution in [0.1, 0.15) is 23.9 Å². The molecule has 0 bridgehead atoms. The van der Waals surface area contributed by atoms with E-state index in [4.69, 9.17) is 11.6 Å². The topological polar surface area (TPSA) is 54.9 Å². The van der Waals surface area contributed by atoms with Crippen LogP contribution in [0.3, 0.4) is 0 Å². The second kappa shape index (κ2) is 7.17. The summed E-state index contributed by atoms with van der Waals surface area (Å²) in [4.78, 5) is 11.7. The van der Waals surface area contributed by atoms with E-state index in [1.807, 2.05) is 12.1 Å². The lowest BCUT2D eigenvalue weighted by Crippen LogP contribution is -2.07. The predicted octanol–water partition coefficient (Wildman–Crippen LogP) is 3.80. The minimum atomic E-state index is -0.232. The van der Waals surface area contributed by atoms with Crippen molar-refractivity contribution in [3.63, 3.8) is 0 Å². The maximum Gasteiger partial charge on any atom is 0.250 e. The molecule has 0 aliphatic rings. The van der Waals surface area contributed by atoms with Gasteiger partial charge in [0.1, 0.15) is 5.01 Å². The molecule has 0 radical (unpaired) electrons. The first-order valence-corrected chi connectivity index (χ1v) is 7.44. The summed E-state index contributed by atoms with van der Waals surface area (Å²) in [7, 11) is 0. The van der Waals surface area contributed by atoms with Crippen molar-refractivity contribution in [2.45, 2.75) is 19.8 Å². The first-order valence-electron chi connectivity index (χ1n) is 6.24. The van der Waals surface area contributed by atoms with Crippen molar-refractivity contribution in [1.29, 1.82) is 0 Å². The van der Waals surface area contributed by atoms with Crippen molar-refractivity contribution in [2.75, 3.05) is 5.32 Å². The Bertz CT molecular complexity index is 624. The van der Waals surface area contributed by atoms with E-state index >= 15 is 0 Å². The number of rotatable bonds is 5. The maximum absolute atomic E-state index is 11.7. The van der Waals surface area contributed by atoms with Crippen molar-refractivity contribution in [2.24, 2.45) is 0 Å². The normalized spacial score (nSPS) is 10.9. The lowest BCUT2D eigenvalue weighted by Gasteiger charge is -1.96. The van der Waals surface area contributed by atoms with Gasteiger partial charge in [0, 0.05) is 17.5 Å². The van der Waals surface area contributed by atoms with E-state index in [2.05, 4.69) is 22.4 Å². The van der Waals surface area contributed by atoms with Gasteiger partial charge in [-0.2, -0.15) is 0 Å². The van der Waals surface area contributed by atoms with E-state index in [0.717, 1.165) is 23.4 Å². The Kier molecular flexibility index (Phi) is 5.26. The highest BCUT2D eigenvalue weighted by Crippen LogP contribution is 2.16. The Balaban J connectivity index is 1.94. The Morgan fingerprint density at radius 1 is 1.45 bits per heavy atom. The van der Waals surface area contributed by atoms with Gasteiger partial charge in [0.25, 0.3) is 0 Å². The maximum atomic E-state index is 11.7. The van der Waals surface area contributed by atoms with E-state index in [1.165, 1.54) is 17.4 Å². The van der Waals surface area contributed by atoms with Gasteiger partial charge in [-0.3, -0.25) is 10.1 Å². The van der Waals surface area contributed by atoms with Crippen molar-refractivity contribution in [1.82, 2.24) is 10.2 Å². The third kappa shape index (κ3) is 4.43. The van der Waals surface area contributed by atoms with Gasteiger partial charge in [-0.25, -0.2) is 0 Å². The van der Waals surface area contributed by atoms with Crippen LogP contribution in [0, 0.1) is 0 Å². The molecule has 0 spiro atoms. The fraction of sp³-hybridized carbons (Fsp3) is 0.214. The van der Waals surface area contributed by atoms with Gasteiger partial charge in [0.2, 0.25) is 11.0 Å². The monoisotopic (exact) mass is 307 g/mol. The van der Waals surface area contributed by atoms with Crippen LogP contribution in [0.4, 0.5) is 5.13 Å². The largest absolute Gasteiger partial charge is 0.297 e. The molecule has 1 N–H and O–H groups in total. The summed E-state index contributed by atoms with van der Waals surface area (Å²) in [5, 5.41) is 12.7. The molecule has 4 nitrogen and oxygen atoms in total. The summed E-state index contributed by atoms with van der Waals surface area (Å²) >= 11 is 7.27. The van der Waals surface area contributed by atoms with E-state index in [1.54, 1.807) is 18.2 Å². The van der Waals surface area contributed by atoms with E-state index in [9.17, 15) is 4.79 Å². The highest BCUT2D eigenvalue weighted by Gasteiger charge is 2.05. The zero-order chi connectivity index (χ0) is 14.4. The fourth-order valence-electron chi connectivity index (χ4n) is 1.55. The molecule has 1 aromatic heterocycles. The van der Waals surface area contributed by atoms with E-state index in [-0.39, 0.29) is 5.91 Å². The molecule has 0 atom stereocenters. The van der Waals surface area contributed by atoms with Gasteiger partial charge in [-0.15, -0.1) is 10.2 Å². The number of halogens is 1. The molecule has 20 heavy (non-hydrogen) atoms. The van der Waals surface area contributed by atoms with Crippen LogP contribution in [-0.4, -0.2) is 16.1 Å². The first kappa shape index (κ1) is 14.7. The molecule has 1 amide bonds. The van der Waals surface area contributed by atoms with Gasteiger partial charge < -0.3 is 0 Å². The third-order valence-corrected chi connectivity index (χ3v) is 3.57. The van der Waals surface area contributed by atoms with Gasteiger partial charge >= 0.3 is 0 Å². The van der Waals surface area contributed by atoms with Crippen molar-refractivity contribution >= 4 is 40.1 Å². The van der Waals surface area contributed by atoms with Crippen LogP contribution >= 0.6 is 22.9 Å². The third-order valence-electron chi connectivity index (χ3n) is 2.44. The van der Waals surface area contributed by atoms with Crippen LogP contribution in [-0.2, 0) is 11.2 Å². The fourth-order valence-corrected chi connectivity index (χ4v) is 2.59. The molecule has 2 aromatic rings. The van der Waals surface area contributed by atoms with Gasteiger partial charge in [-0.05, 0) is 30.2 Å². The number of benzene rings is 1. The van der Waals surface area contributed by atoms with Crippen molar-refractivity contribution in [3.8, 4) is 0 Å². The summed E-state index contributed by atoms with van der Waals surface area (Å²) in [6, 6.07) is 7.28. The van der Waals surface area contributed by atoms with E-state index < -0.39 is 0 Å². The number of hydrogen-bond acceptors (Lipinski definition) is 4. The molecule has 0 saturated heterocycles. The molecule has 2 rings (SSSR count). The summed E-state index contributed by atoms with van der Waals surface area (Å²) in [6.45, 7) is 2.08. The average Bonchev–Trinajstić information content (AvgIpc) is 2.84. The van der Waals surface area contributed by atoms with Crippen LogP contribution < -0.4 is 5.32 Å². The Hall–Kier alpha value is -1.72. The smallest absolute Gasteiger partial charge is 0.250 e. The number of nitrogens with zero attached hydrogens (tertiary/aromatic N) is 2. The molecule has 0 aliphatic heterocycles. The van der Waals surface area contributed by atoms with Crippen molar-refractivity contribution < 1.29 is 4.79 Å². The number of nitrogens with one attached hydrogen (secondary N) is 1. The predicted molar refractivity (Wildman–Crippen MR) is 83.0 cm³/mol. The summed E-state index contributed by atoms with van der Waals surface area (Å²) < 4.78 is 0. The van der Waals surface area contributed by atoms with Crippen molar-refractivity contribution in [3.05, 3.63) is 45.9 Å². The lowest BCUT2D eigenvalue weighted by atomic mass is 10.2. The quantitative estimate of drug-likeness (QED) is 0.855. The highest BCUT2D eigenvalue weighted by atomic mass is 35.5. The molecule has 6 heteroatoms. The molecular formula is C14H14ClN3OS. The number of carbonyl (C=O) groups is 1. The number of aromatic nitrogens is 2. The lowest BCUT2D eigenvalue weighted by molar-refractivity contribution is -0.111. The number of aryl methyl sites for hydroxylation is 1. The standard InChI is InChI=1S/C14H14ClN3OS/c1-2-4-13-17-18-14(20-13)16-12(19)8-7-10-5-3-6-11(15)9-10/h3,5-9H,2,4H2,1H3,(H,16,18,19)/b8-7+. The Morgan fingerprint density at radius 2 is 2.30 bits per heavy atom. The molecule has 0 aliphatic carbocycles. The molecule has 0 unspecified atom stereocenters. The van der Waals surface area contributed by atoms with Crippen LogP contribution in [0.5, 0.6) is 0 Å². The second-order valence-electron chi connectivity index (χ2n) is 4.13. The average molecular weight is 308 g/mol. The van der Waals surface area contributed by atoms with Gasteiger partial charge in [0.05, 0.1) is 0 Å². The molecular weight excluding hydrogens is 294 g/mol. The number of amides is 1. The van der Waals surface area contributed by atoms with Crippen LogP contribution in [0.15, 0.2) is 30.3 Å². The van der Waals surface area contributed by atoms with Crippen LogP contribution in [0.25, 0.3) is 6.08 Å². The van der Waals surface area contributed by atoms with Gasteiger partial charge in [-0.1, -0.05) is 42.0 Å². The minimum Gasteiger partial charge on any atom is -0.297 e. The summed E-state index contributed by atoms with van der Waals surface area (Å²) in [5.41, 5.74) is 0.872. The Labute approximate surface area is 126 Å². The first-order chi connectivity index (χ1) is 9.67. The number of carbonyl (C=O) groups excluding carboxylic acids is 1. The highest BCUT2D eigenvalue weighted by molar-refractivity contribution is 7.15. The summed E-state index contributed by atoms with van der Waals surface area (Å²) in [6.07, 6.45) is 5.05. The SMILES string of the molecule is CCCc1nnc(NC(=O)/C=C/c2cccc(Cl)c2)s1. The second-order valence-corrected chi connectivity index (χ2v) is 5.63. The zero-order valence-electron chi connectivity index (χ0n) is 11.0. The number of anilines is 1. The molecule has 104 valence electrons. The van der Waals surface area contributed by atoms with E-state index in [0.29, 0.717) is 10.2 Å². The minimum absolute atomic E-state index is 0.232. The zero-order valence-corrected chi connectivity index (χ0v) is 12.5. The van der Waals surface area contributed by atoms with Crippen LogP contribution in [0.2, 0.25) is 5.02 Å². The number of hydrogen-bond donors (Lipinski definition) is 1. The molecule has 1 heterocycles. The van der Waals surface area contributed by atoms with Gasteiger partial charge in [0.15, 0.2) is 0 Å². The molecule has 1 aromatic carbocycles.